The first kappa shape index (κ1) is 17.3. The Morgan fingerprint density at radius 1 is 1.04 bits per heavy atom. The van der Waals surface area contributed by atoms with Gasteiger partial charge in [0.05, 0.1) is 11.9 Å². The smallest absolute Gasteiger partial charge is 0.214 e. The summed E-state index contributed by atoms with van der Waals surface area (Å²) in [5.41, 5.74) is 2.95. The molecule has 1 fully saturated rings. The number of anilines is 1. The van der Waals surface area contributed by atoms with Crippen LogP contribution in [0.4, 0.5) is 9.52 Å². The molecule has 1 aliphatic heterocycles. The molecule has 5 rings (SSSR count). The van der Waals surface area contributed by atoms with Crippen LogP contribution in [0.3, 0.4) is 0 Å². The van der Waals surface area contributed by atoms with E-state index in [4.69, 9.17) is 5.10 Å². The van der Waals surface area contributed by atoms with Crippen molar-refractivity contribution >= 4 is 21.4 Å². The molecule has 8 heteroatoms. The fraction of sp³-hybridized carbons (Fsp3) is 0.250. The Bertz CT molecular complexity index is 1040. The lowest BCUT2D eigenvalue weighted by Gasteiger charge is -2.34. The van der Waals surface area contributed by atoms with E-state index in [1.165, 1.54) is 17.7 Å². The second-order valence-electron chi connectivity index (χ2n) is 6.87. The molecule has 0 unspecified atom stereocenters. The van der Waals surface area contributed by atoms with Crippen LogP contribution in [-0.2, 0) is 6.54 Å². The fourth-order valence-electron chi connectivity index (χ4n) is 3.42. The minimum Gasteiger partial charge on any atom is -0.344 e. The van der Waals surface area contributed by atoms with Crippen LogP contribution in [0.1, 0.15) is 5.56 Å². The van der Waals surface area contributed by atoms with Gasteiger partial charge in [0.25, 0.3) is 0 Å². The molecule has 0 radical (unpaired) electrons. The first-order valence-corrected chi connectivity index (χ1v) is 10.0. The van der Waals surface area contributed by atoms with Crippen molar-refractivity contribution in [2.24, 2.45) is 0 Å². The first-order chi connectivity index (χ1) is 13.7. The molecule has 6 nitrogen and oxygen atoms in total. The van der Waals surface area contributed by atoms with Crippen LogP contribution in [0.2, 0.25) is 0 Å². The molecule has 0 N–H and O–H groups in total. The Labute approximate surface area is 165 Å². The van der Waals surface area contributed by atoms with Gasteiger partial charge in [0.2, 0.25) is 10.1 Å². The van der Waals surface area contributed by atoms with Crippen molar-refractivity contribution < 1.29 is 4.39 Å². The second-order valence-corrected chi connectivity index (χ2v) is 7.80. The zero-order valence-corrected chi connectivity index (χ0v) is 16.0. The van der Waals surface area contributed by atoms with Crippen LogP contribution in [0.5, 0.6) is 0 Å². The van der Waals surface area contributed by atoms with Gasteiger partial charge in [-0.2, -0.15) is 0 Å². The predicted octanol–water partition coefficient (Wildman–Crippen LogP) is 3.31. The van der Waals surface area contributed by atoms with E-state index in [1.807, 2.05) is 29.2 Å². The van der Waals surface area contributed by atoms with Crippen molar-refractivity contribution in [2.45, 2.75) is 6.54 Å². The highest BCUT2D eigenvalue weighted by Gasteiger charge is 2.21. The molecule has 28 heavy (non-hydrogen) atoms. The summed E-state index contributed by atoms with van der Waals surface area (Å²) in [7, 11) is 0. The van der Waals surface area contributed by atoms with E-state index < -0.39 is 0 Å². The molecule has 0 aliphatic carbocycles. The third-order valence-corrected chi connectivity index (χ3v) is 5.93. The van der Waals surface area contributed by atoms with Gasteiger partial charge >= 0.3 is 0 Å². The molecule has 4 heterocycles. The maximum absolute atomic E-state index is 13.1. The summed E-state index contributed by atoms with van der Waals surface area (Å²) < 4.78 is 14.9. The van der Waals surface area contributed by atoms with E-state index in [2.05, 4.69) is 25.8 Å². The van der Waals surface area contributed by atoms with E-state index >= 15 is 0 Å². The van der Waals surface area contributed by atoms with Crippen LogP contribution in [-0.4, -0.2) is 50.7 Å². The summed E-state index contributed by atoms with van der Waals surface area (Å²) in [6.45, 7) is 4.82. The molecule has 0 spiro atoms. The van der Waals surface area contributed by atoms with Gasteiger partial charge in [-0.1, -0.05) is 17.4 Å². The number of piperazine rings is 1. The highest BCUT2D eigenvalue weighted by molar-refractivity contribution is 7.20. The molecular formula is C20H19FN6S. The quantitative estimate of drug-likeness (QED) is 0.532. The van der Waals surface area contributed by atoms with Gasteiger partial charge in [-0.15, -0.1) is 5.10 Å². The minimum absolute atomic E-state index is 0.243. The maximum atomic E-state index is 13.1. The molecular weight excluding hydrogens is 375 g/mol. The Morgan fingerprint density at radius 2 is 1.86 bits per heavy atom. The van der Waals surface area contributed by atoms with Crippen LogP contribution in [0.15, 0.2) is 55.0 Å². The molecule has 1 aliphatic rings. The number of aromatic nitrogens is 4. The van der Waals surface area contributed by atoms with E-state index in [1.54, 1.807) is 23.5 Å². The van der Waals surface area contributed by atoms with Gasteiger partial charge in [-0.05, 0) is 35.9 Å². The standard InChI is InChI=1S/C20H19FN6S/c21-17-5-3-16(4-6-17)18-14-27-19(23-18)28-20(24-27)26-10-8-25(9-11-26)13-15-2-1-7-22-12-15/h1-7,12,14H,8-11,13H2. The molecule has 4 aromatic rings. The van der Waals surface area contributed by atoms with Gasteiger partial charge in [0.15, 0.2) is 0 Å². The van der Waals surface area contributed by atoms with Gasteiger partial charge in [0, 0.05) is 50.7 Å². The SMILES string of the molecule is Fc1ccc(-c2cn3nc(N4CCN(Cc5cccnc5)CC4)sc3n2)cc1. The molecule has 0 atom stereocenters. The average molecular weight is 394 g/mol. The van der Waals surface area contributed by atoms with Crippen molar-refractivity contribution in [2.75, 3.05) is 31.1 Å². The zero-order chi connectivity index (χ0) is 18.9. The van der Waals surface area contributed by atoms with Crippen molar-refractivity contribution in [1.29, 1.82) is 0 Å². The summed E-state index contributed by atoms with van der Waals surface area (Å²) >= 11 is 1.59. The number of hydrogen-bond acceptors (Lipinski definition) is 6. The number of nitrogens with zero attached hydrogens (tertiary/aromatic N) is 6. The number of halogens is 1. The van der Waals surface area contributed by atoms with E-state index in [0.717, 1.165) is 54.1 Å². The van der Waals surface area contributed by atoms with Gasteiger partial charge in [0.1, 0.15) is 5.82 Å². The third-order valence-electron chi connectivity index (χ3n) is 4.94. The second kappa shape index (κ2) is 7.29. The summed E-state index contributed by atoms with van der Waals surface area (Å²) in [6, 6.07) is 10.5. The number of benzene rings is 1. The van der Waals surface area contributed by atoms with Gasteiger partial charge < -0.3 is 4.90 Å². The van der Waals surface area contributed by atoms with Crippen LogP contribution in [0.25, 0.3) is 16.2 Å². The summed E-state index contributed by atoms with van der Waals surface area (Å²) in [6.07, 6.45) is 5.64. The van der Waals surface area contributed by atoms with Crippen molar-refractivity contribution in [3.8, 4) is 11.3 Å². The number of rotatable bonds is 4. The van der Waals surface area contributed by atoms with Gasteiger partial charge in [-0.3, -0.25) is 9.88 Å². The topological polar surface area (TPSA) is 49.6 Å². The number of pyridine rings is 1. The lowest BCUT2D eigenvalue weighted by molar-refractivity contribution is 0.249. The summed E-state index contributed by atoms with van der Waals surface area (Å²) in [5, 5.41) is 5.70. The van der Waals surface area contributed by atoms with Gasteiger partial charge in [-0.25, -0.2) is 13.9 Å². The zero-order valence-electron chi connectivity index (χ0n) is 15.2. The molecule has 1 saturated heterocycles. The average Bonchev–Trinajstić information content (AvgIpc) is 3.29. The maximum Gasteiger partial charge on any atom is 0.214 e. The molecule has 0 bridgehead atoms. The molecule has 3 aromatic heterocycles. The van der Waals surface area contributed by atoms with E-state index in [-0.39, 0.29) is 5.82 Å². The lowest BCUT2D eigenvalue weighted by atomic mass is 10.2. The van der Waals surface area contributed by atoms with E-state index in [0.29, 0.717) is 0 Å². The highest BCUT2D eigenvalue weighted by Crippen LogP contribution is 2.27. The highest BCUT2D eigenvalue weighted by atomic mass is 32.1. The lowest BCUT2D eigenvalue weighted by Crippen LogP contribution is -2.46. The predicted molar refractivity (Wildman–Crippen MR) is 108 cm³/mol. The van der Waals surface area contributed by atoms with Crippen LogP contribution < -0.4 is 4.90 Å². The van der Waals surface area contributed by atoms with E-state index in [9.17, 15) is 4.39 Å². The van der Waals surface area contributed by atoms with Crippen molar-refractivity contribution in [1.82, 2.24) is 24.5 Å². The summed E-state index contributed by atoms with van der Waals surface area (Å²) in [4.78, 5) is 14.5. The number of imidazole rings is 1. The minimum atomic E-state index is -0.243. The number of hydrogen-bond donors (Lipinski definition) is 0. The third kappa shape index (κ3) is 3.48. The Kier molecular flexibility index (Phi) is 4.50. The largest absolute Gasteiger partial charge is 0.344 e. The molecule has 1 aromatic carbocycles. The Balaban J connectivity index is 1.26. The van der Waals surface area contributed by atoms with Crippen LogP contribution in [0, 0.1) is 5.82 Å². The fourth-order valence-corrected chi connectivity index (χ4v) is 4.36. The van der Waals surface area contributed by atoms with Crippen molar-refractivity contribution in [3.63, 3.8) is 0 Å². The first-order valence-electron chi connectivity index (χ1n) is 9.23. The molecule has 142 valence electrons. The molecule has 0 saturated carbocycles. The monoisotopic (exact) mass is 394 g/mol. The van der Waals surface area contributed by atoms with Crippen molar-refractivity contribution in [3.05, 3.63) is 66.4 Å². The summed E-state index contributed by atoms with van der Waals surface area (Å²) in [5.74, 6) is -0.243. The normalized spacial score (nSPS) is 15.4. The number of fused-ring (bicyclic) bond motifs is 1. The Morgan fingerprint density at radius 3 is 2.57 bits per heavy atom. The Hall–Kier alpha value is -2.84. The van der Waals surface area contributed by atoms with Crippen LogP contribution >= 0.6 is 11.3 Å². The molecule has 0 amide bonds.